The van der Waals surface area contributed by atoms with Crippen molar-refractivity contribution in [3.63, 3.8) is 0 Å². The Morgan fingerprint density at radius 1 is 1.21 bits per heavy atom. The van der Waals surface area contributed by atoms with Crippen LogP contribution in [0.2, 0.25) is 0 Å². The first-order valence-corrected chi connectivity index (χ1v) is 10.1. The van der Waals surface area contributed by atoms with Crippen molar-refractivity contribution in [2.45, 2.75) is 38.5 Å². The summed E-state index contributed by atoms with van der Waals surface area (Å²) in [5.74, 6) is 0.636. The van der Waals surface area contributed by atoms with Crippen LogP contribution in [0, 0.1) is 12.7 Å². The van der Waals surface area contributed by atoms with Gasteiger partial charge in [-0.3, -0.25) is 4.79 Å². The molecule has 0 radical (unpaired) electrons. The van der Waals surface area contributed by atoms with Crippen LogP contribution in [-0.2, 0) is 11.3 Å². The van der Waals surface area contributed by atoms with Crippen LogP contribution in [0.25, 0.3) is 11.4 Å². The van der Waals surface area contributed by atoms with E-state index in [0.717, 1.165) is 22.5 Å². The summed E-state index contributed by atoms with van der Waals surface area (Å²) in [4.78, 5) is 12.3. The quantitative estimate of drug-likeness (QED) is 0.600. The van der Waals surface area contributed by atoms with Crippen LogP contribution >= 0.6 is 11.8 Å². The molecular formula is C21H23FN4OS. The number of aromatic nitrogens is 3. The molecule has 0 saturated carbocycles. The second kappa shape index (κ2) is 9.01. The van der Waals surface area contributed by atoms with Gasteiger partial charge in [0.2, 0.25) is 5.91 Å². The fourth-order valence-corrected chi connectivity index (χ4v) is 3.74. The molecule has 146 valence electrons. The first-order chi connectivity index (χ1) is 13.5. The minimum Gasteiger partial charge on any atom is -0.349 e. The van der Waals surface area contributed by atoms with E-state index < -0.39 is 0 Å². The molecule has 0 aliphatic rings. The van der Waals surface area contributed by atoms with E-state index in [1.807, 2.05) is 43.5 Å². The van der Waals surface area contributed by atoms with E-state index in [-0.39, 0.29) is 23.5 Å². The number of amides is 1. The van der Waals surface area contributed by atoms with Gasteiger partial charge in [0, 0.05) is 12.1 Å². The van der Waals surface area contributed by atoms with Crippen molar-refractivity contribution in [3.05, 3.63) is 65.5 Å². The van der Waals surface area contributed by atoms with Crippen LogP contribution in [0.15, 0.2) is 53.7 Å². The van der Waals surface area contributed by atoms with Gasteiger partial charge in [0.25, 0.3) is 0 Å². The zero-order valence-electron chi connectivity index (χ0n) is 16.1. The number of rotatable bonds is 7. The summed E-state index contributed by atoms with van der Waals surface area (Å²) in [7, 11) is 0. The topological polar surface area (TPSA) is 59.8 Å². The summed E-state index contributed by atoms with van der Waals surface area (Å²) in [6.07, 6.45) is 0. The zero-order chi connectivity index (χ0) is 20.1. The number of carbonyl (C=O) groups excluding carboxylic acids is 1. The van der Waals surface area contributed by atoms with E-state index in [0.29, 0.717) is 11.7 Å². The van der Waals surface area contributed by atoms with E-state index in [2.05, 4.69) is 21.6 Å². The first kappa shape index (κ1) is 20.1. The van der Waals surface area contributed by atoms with Crippen LogP contribution in [0.4, 0.5) is 4.39 Å². The molecule has 7 heteroatoms. The van der Waals surface area contributed by atoms with Crippen molar-refractivity contribution in [2.24, 2.45) is 0 Å². The van der Waals surface area contributed by atoms with Gasteiger partial charge < -0.3 is 9.88 Å². The maximum atomic E-state index is 13.0. The number of carbonyl (C=O) groups is 1. The molecule has 0 fully saturated rings. The van der Waals surface area contributed by atoms with Gasteiger partial charge in [-0.25, -0.2) is 4.39 Å². The van der Waals surface area contributed by atoms with Crippen LogP contribution < -0.4 is 5.32 Å². The minimum absolute atomic E-state index is 0.107. The highest BCUT2D eigenvalue weighted by Gasteiger charge is 2.16. The molecule has 5 nitrogen and oxygen atoms in total. The number of hydrogen-bond donors (Lipinski definition) is 1. The molecule has 1 N–H and O–H groups in total. The van der Waals surface area contributed by atoms with Crippen LogP contribution in [-0.4, -0.2) is 26.4 Å². The Balaban J connectivity index is 1.64. The molecule has 1 aromatic heterocycles. The monoisotopic (exact) mass is 398 g/mol. The molecule has 0 bridgehead atoms. The molecule has 1 heterocycles. The predicted molar refractivity (Wildman–Crippen MR) is 110 cm³/mol. The Kier molecular flexibility index (Phi) is 6.46. The van der Waals surface area contributed by atoms with Crippen molar-refractivity contribution in [1.29, 1.82) is 0 Å². The Morgan fingerprint density at radius 3 is 2.64 bits per heavy atom. The molecule has 1 atom stereocenters. The Morgan fingerprint density at radius 2 is 1.96 bits per heavy atom. The number of nitrogens with zero attached hydrogens (tertiary/aromatic N) is 3. The molecular weight excluding hydrogens is 375 g/mol. The van der Waals surface area contributed by atoms with Crippen molar-refractivity contribution in [1.82, 2.24) is 20.1 Å². The lowest BCUT2D eigenvalue weighted by atomic mass is 10.1. The average molecular weight is 399 g/mol. The molecule has 1 amide bonds. The van der Waals surface area contributed by atoms with E-state index in [4.69, 9.17) is 0 Å². The lowest BCUT2D eigenvalue weighted by molar-refractivity contribution is -0.119. The molecule has 3 rings (SSSR count). The standard InChI is InChI=1S/C21H23FN4OS/c1-4-26-20(17-7-5-6-14(2)12-17)24-25-21(26)28-13-19(27)23-15(3)16-8-10-18(22)11-9-16/h5-12,15H,4,13H2,1-3H3,(H,23,27). The number of benzene rings is 2. The van der Waals surface area contributed by atoms with Gasteiger partial charge in [0.1, 0.15) is 5.82 Å². The van der Waals surface area contributed by atoms with Crippen LogP contribution in [0.5, 0.6) is 0 Å². The summed E-state index contributed by atoms with van der Waals surface area (Å²) in [5, 5.41) is 12.2. The van der Waals surface area contributed by atoms with Gasteiger partial charge in [-0.15, -0.1) is 10.2 Å². The Bertz CT molecular complexity index is 955. The minimum atomic E-state index is -0.291. The lowest BCUT2D eigenvalue weighted by Gasteiger charge is -2.14. The summed E-state index contributed by atoms with van der Waals surface area (Å²) in [6.45, 7) is 6.66. The largest absolute Gasteiger partial charge is 0.349 e. The highest BCUT2D eigenvalue weighted by molar-refractivity contribution is 7.99. The lowest BCUT2D eigenvalue weighted by Crippen LogP contribution is -2.28. The third-order valence-electron chi connectivity index (χ3n) is 4.39. The third-order valence-corrected chi connectivity index (χ3v) is 5.36. The molecule has 28 heavy (non-hydrogen) atoms. The smallest absolute Gasteiger partial charge is 0.230 e. The molecule has 0 saturated heterocycles. The normalized spacial score (nSPS) is 12.0. The summed E-state index contributed by atoms with van der Waals surface area (Å²) in [6, 6.07) is 14.1. The predicted octanol–water partition coefficient (Wildman–Crippen LogP) is 4.38. The highest BCUT2D eigenvalue weighted by atomic mass is 32.2. The second-order valence-corrected chi connectivity index (χ2v) is 7.49. The van der Waals surface area contributed by atoms with E-state index in [1.54, 1.807) is 12.1 Å². The number of aryl methyl sites for hydroxylation is 1. The molecule has 1 unspecified atom stereocenters. The number of nitrogens with one attached hydrogen (secondary N) is 1. The second-order valence-electron chi connectivity index (χ2n) is 6.55. The fraction of sp³-hybridized carbons (Fsp3) is 0.286. The molecule has 0 spiro atoms. The van der Waals surface area contributed by atoms with Crippen molar-refractivity contribution in [3.8, 4) is 11.4 Å². The first-order valence-electron chi connectivity index (χ1n) is 9.15. The van der Waals surface area contributed by atoms with Crippen LogP contribution in [0.1, 0.15) is 31.0 Å². The third kappa shape index (κ3) is 4.78. The fourth-order valence-electron chi connectivity index (χ4n) is 2.93. The number of thioether (sulfide) groups is 1. The van der Waals surface area contributed by atoms with Gasteiger partial charge in [-0.1, -0.05) is 47.7 Å². The van der Waals surface area contributed by atoms with E-state index in [9.17, 15) is 9.18 Å². The van der Waals surface area contributed by atoms with Gasteiger partial charge in [-0.05, 0) is 44.5 Å². The molecule has 0 aliphatic carbocycles. The number of hydrogen-bond acceptors (Lipinski definition) is 4. The molecule has 3 aromatic rings. The van der Waals surface area contributed by atoms with E-state index in [1.165, 1.54) is 23.9 Å². The average Bonchev–Trinajstić information content (AvgIpc) is 3.09. The molecule has 2 aromatic carbocycles. The van der Waals surface area contributed by atoms with Gasteiger partial charge >= 0.3 is 0 Å². The van der Waals surface area contributed by atoms with Crippen molar-refractivity contribution < 1.29 is 9.18 Å². The summed E-state index contributed by atoms with van der Waals surface area (Å²) >= 11 is 1.36. The maximum Gasteiger partial charge on any atom is 0.230 e. The summed E-state index contributed by atoms with van der Waals surface area (Å²) in [5.41, 5.74) is 3.03. The number of halogens is 1. The zero-order valence-corrected chi connectivity index (χ0v) is 17.0. The van der Waals surface area contributed by atoms with Gasteiger partial charge in [-0.2, -0.15) is 0 Å². The van der Waals surface area contributed by atoms with Crippen molar-refractivity contribution >= 4 is 17.7 Å². The van der Waals surface area contributed by atoms with Gasteiger partial charge in [0.15, 0.2) is 11.0 Å². The van der Waals surface area contributed by atoms with Gasteiger partial charge in [0.05, 0.1) is 11.8 Å². The van der Waals surface area contributed by atoms with Crippen molar-refractivity contribution in [2.75, 3.05) is 5.75 Å². The Hall–Kier alpha value is -2.67. The highest BCUT2D eigenvalue weighted by Crippen LogP contribution is 2.24. The summed E-state index contributed by atoms with van der Waals surface area (Å²) < 4.78 is 15.0. The SMILES string of the molecule is CCn1c(SCC(=O)NC(C)c2ccc(F)cc2)nnc1-c1cccc(C)c1. The van der Waals surface area contributed by atoms with E-state index >= 15 is 0 Å². The Labute approximate surface area is 168 Å². The maximum absolute atomic E-state index is 13.0. The van der Waals surface area contributed by atoms with Crippen LogP contribution in [0.3, 0.4) is 0 Å². The molecule has 0 aliphatic heterocycles.